The molecular formula is C15H39N3. The summed E-state index contributed by atoms with van der Waals surface area (Å²) in [7, 11) is 10.7. The van der Waals surface area contributed by atoms with E-state index >= 15 is 0 Å². The Hall–Kier alpha value is -0.120. The van der Waals surface area contributed by atoms with Gasteiger partial charge >= 0.3 is 0 Å². The minimum absolute atomic E-state index is 0.678. The Bertz CT molecular complexity index is 120. The monoisotopic (exact) mass is 261 g/mol. The highest BCUT2D eigenvalue weighted by molar-refractivity contribution is 4.65. The third-order valence-corrected chi connectivity index (χ3v) is 2.65. The fourth-order valence-electron chi connectivity index (χ4n) is 1.24. The second kappa shape index (κ2) is 16.9. The molecule has 0 heterocycles. The van der Waals surface area contributed by atoms with Crippen LogP contribution in [0.3, 0.4) is 0 Å². The third kappa shape index (κ3) is 18.3. The third-order valence-electron chi connectivity index (χ3n) is 2.65. The zero-order valence-corrected chi connectivity index (χ0v) is 14.7. The van der Waals surface area contributed by atoms with E-state index in [2.05, 4.69) is 56.9 Å². The second-order valence-electron chi connectivity index (χ2n) is 4.72. The Balaban J connectivity index is -0.000000506. The molecule has 1 unspecified atom stereocenters. The average Bonchev–Trinajstić information content (AvgIpc) is 2.37. The molecule has 0 aliphatic rings. The number of hydrogen-bond donors (Lipinski definition) is 0. The molecule has 1 atom stereocenters. The molecule has 0 N–H and O–H groups in total. The van der Waals surface area contributed by atoms with Gasteiger partial charge < -0.3 is 14.7 Å². The second-order valence-corrected chi connectivity index (χ2v) is 4.72. The van der Waals surface area contributed by atoms with Crippen LogP contribution in [0.1, 0.15) is 41.0 Å². The van der Waals surface area contributed by atoms with Crippen molar-refractivity contribution in [1.29, 1.82) is 0 Å². The molecule has 3 nitrogen and oxygen atoms in total. The quantitative estimate of drug-likeness (QED) is 0.698. The van der Waals surface area contributed by atoms with E-state index in [1.165, 1.54) is 13.0 Å². The summed E-state index contributed by atoms with van der Waals surface area (Å²) >= 11 is 0. The van der Waals surface area contributed by atoms with Gasteiger partial charge in [-0.25, -0.2) is 0 Å². The maximum Gasteiger partial charge on any atom is 0.0109 e. The van der Waals surface area contributed by atoms with Gasteiger partial charge in [0.15, 0.2) is 0 Å². The first-order chi connectivity index (χ1) is 8.43. The van der Waals surface area contributed by atoms with Gasteiger partial charge in [-0.1, -0.05) is 27.7 Å². The maximum absolute atomic E-state index is 2.43. The van der Waals surface area contributed by atoms with Crippen LogP contribution >= 0.6 is 0 Å². The van der Waals surface area contributed by atoms with Crippen molar-refractivity contribution in [3.8, 4) is 0 Å². The fraction of sp³-hybridized carbons (Fsp3) is 1.00. The summed E-state index contributed by atoms with van der Waals surface area (Å²) in [5, 5.41) is 0. The molecular weight excluding hydrogens is 222 g/mol. The summed E-state index contributed by atoms with van der Waals surface area (Å²) in [5.41, 5.74) is 0. The Morgan fingerprint density at radius 1 is 0.667 bits per heavy atom. The van der Waals surface area contributed by atoms with Gasteiger partial charge in [0.1, 0.15) is 0 Å². The summed E-state index contributed by atoms with van der Waals surface area (Å²) in [6.07, 6.45) is 1.25. The number of hydrogen-bond acceptors (Lipinski definition) is 3. The van der Waals surface area contributed by atoms with Gasteiger partial charge in [0.25, 0.3) is 0 Å². The summed E-state index contributed by atoms with van der Waals surface area (Å²) in [6.45, 7) is 13.8. The van der Waals surface area contributed by atoms with Crippen LogP contribution in [-0.2, 0) is 0 Å². The molecule has 0 saturated heterocycles. The average molecular weight is 261 g/mol. The van der Waals surface area contributed by atoms with Crippen molar-refractivity contribution >= 4 is 0 Å². The zero-order valence-electron chi connectivity index (χ0n) is 14.7. The zero-order chi connectivity index (χ0) is 15.1. The Morgan fingerprint density at radius 2 is 1.06 bits per heavy atom. The van der Waals surface area contributed by atoms with Crippen molar-refractivity contribution in [3.63, 3.8) is 0 Å². The highest BCUT2D eigenvalue weighted by Gasteiger charge is 2.08. The SMILES string of the molecule is CC.CC.CC(CCN(C)C)N(C)CCN(C)C. The van der Waals surface area contributed by atoms with Crippen LogP contribution in [0.4, 0.5) is 0 Å². The van der Waals surface area contributed by atoms with Gasteiger partial charge in [-0.15, -0.1) is 0 Å². The van der Waals surface area contributed by atoms with Crippen molar-refractivity contribution in [2.75, 3.05) is 54.9 Å². The molecule has 0 aliphatic carbocycles. The highest BCUT2D eigenvalue weighted by atomic mass is 15.2. The molecule has 0 aromatic rings. The topological polar surface area (TPSA) is 9.72 Å². The van der Waals surface area contributed by atoms with Crippen molar-refractivity contribution in [1.82, 2.24) is 14.7 Å². The van der Waals surface area contributed by atoms with Crippen molar-refractivity contribution in [2.45, 2.75) is 47.1 Å². The lowest BCUT2D eigenvalue weighted by Crippen LogP contribution is -2.36. The van der Waals surface area contributed by atoms with E-state index in [9.17, 15) is 0 Å². The Kier molecular flexibility index (Phi) is 21.6. The lowest BCUT2D eigenvalue weighted by molar-refractivity contribution is 0.207. The summed E-state index contributed by atoms with van der Waals surface area (Å²) in [6, 6.07) is 0.678. The van der Waals surface area contributed by atoms with E-state index < -0.39 is 0 Å². The van der Waals surface area contributed by atoms with E-state index in [1.807, 2.05) is 27.7 Å². The standard InChI is InChI=1S/C11H27N3.2C2H6/c1-11(7-8-12(2)3)14(6)10-9-13(4)5;2*1-2/h11H,7-10H2,1-6H3;2*1-2H3. The molecule has 0 aliphatic heterocycles. The first kappa shape index (κ1) is 23.0. The van der Waals surface area contributed by atoms with Gasteiger partial charge in [0.05, 0.1) is 0 Å². The molecule has 0 bridgehead atoms. The van der Waals surface area contributed by atoms with Crippen molar-refractivity contribution in [3.05, 3.63) is 0 Å². The molecule has 0 radical (unpaired) electrons. The molecule has 0 aromatic heterocycles. The van der Waals surface area contributed by atoms with E-state index in [4.69, 9.17) is 0 Å². The largest absolute Gasteiger partial charge is 0.309 e. The van der Waals surface area contributed by atoms with E-state index in [0.717, 1.165) is 13.1 Å². The van der Waals surface area contributed by atoms with Crippen molar-refractivity contribution < 1.29 is 0 Å². The minimum atomic E-state index is 0.678. The molecule has 3 heteroatoms. The number of likely N-dealkylation sites (N-methyl/N-ethyl adjacent to an activating group) is 2. The summed E-state index contributed by atoms with van der Waals surface area (Å²) in [5.74, 6) is 0. The highest BCUT2D eigenvalue weighted by Crippen LogP contribution is 2.01. The van der Waals surface area contributed by atoms with Crippen LogP contribution in [0.2, 0.25) is 0 Å². The van der Waals surface area contributed by atoms with Gasteiger partial charge in [-0.05, 0) is 55.1 Å². The lowest BCUT2D eigenvalue weighted by atomic mass is 10.2. The van der Waals surface area contributed by atoms with Gasteiger partial charge in [-0.3, -0.25) is 0 Å². The molecule has 0 amide bonds. The molecule has 18 heavy (non-hydrogen) atoms. The molecule has 114 valence electrons. The predicted molar refractivity (Wildman–Crippen MR) is 86.5 cm³/mol. The Labute approximate surface area is 117 Å². The Morgan fingerprint density at radius 3 is 1.39 bits per heavy atom. The molecule has 0 saturated carbocycles. The van der Waals surface area contributed by atoms with Gasteiger partial charge in [0, 0.05) is 19.1 Å². The maximum atomic E-state index is 2.43. The van der Waals surface area contributed by atoms with Crippen LogP contribution < -0.4 is 0 Å². The molecule has 0 fully saturated rings. The molecule has 0 aromatic carbocycles. The first-order valence-electron chi connectivity index (χ1n) is 7.43. The summed E-state index contributed by atoms with van der Waals surface area (Å²) < 4.78 is 0. The van der Waals surface area contributed by atoms with E-state index in [1.54, 1.807) is 0 Å². The van der Waals surface area contributed by atoms with Crippen LogP contribution in [-0.4, -0.2) is 75.6 Å². The number of rotatable bonds is 7. The fourth-order valence-corrected chi connectivity index (χ4v) is 1.24. The van der Waals surface area contributed by atoms with E-state index in [-0.39, 0.29) is 0 Å². The first-order valence-corrected chi connectivity index (χ1v) is 7.43. The van der Waals surface area contributed by atoms with Crippen LogP contribution in [0.15, 0.2) is 0 Å². The van der Waals surface area contributed by atoms with Gasteiger partial charge in [0.2, 0.25) is 0 Å². The normalized spacial score (nSPS) is 11.8. The van der Waals surface area contributed by atoms with Gasteiger partial charge in [-0.2, -0.15) is 0 Å². The van der Waals surface area contributed by atoms with Crippen LogP contribution in [0, 0.1) is 0 Å². The van der Waals surface area contributed by atoms with E-state index in [0.29, 0.717) is 6.04 Å². The van der Waals surface area contributed by atoms with Crippen LogP contribution in [0.25, 0.3) is 0 Å². The molecule has 0 rings (SSSR count). The number of nitrogens with zero attached hydrogens (tertiary/aromatic N) is 3. The molecule has 0 spiro atoms. The predicted octanol–water partition coefficient (Wildman–Crippen LogP) is 2.87. The lowest BCUT2D eigenvalue weighted by Gasteiger charge is -2.27. The minimum Gasteiger partial charge on any atom is -0.309 e. The smallest absolute Gasteiger partial charge is 0.0109 e. The summed E-state index contributed by atoms with van der Waals surface area (Å²) in [4.78, 5) is 6.91. The van der Waals surface area contributed by atoms with Crippen LogP contribution in [0.5, 0.6) is 0 Å². The van der Waals surface area contributed by atoms with Crippen molar-refractivity contribution in [2.24, 2.45) is 0 Å².